The first-order chi connectivity index (χ1) is 9.99. The minimum Gasteiger partial charge on any atom is -0.313 e. The molecule has 118 valence electrons. The topological polar surface area (TPSA) is 46.2 Å². The first kappa shape index (κ1) is 16.8. The van der Waals surface area contributed by atoms with Crippen molar-refractivity contribution in [2.45, 2.75) is 48.8 Å². The van der Waals surface area contributed by atoms with Gasteiger partial charge >= 0.3 is 0 Å². The van der Waals surface area contributed by atoms with Crippen molar-refractivity contribution in [3.63, 3.8) is 0 Å². The third-order valence-corrected chi connectivity index (χ3v) is 6.29. The monoisotopic (exact) mass is 327 g/mol. The van der Waals surface area contributed by atoms with Crippen molar-refractivity contribution < 1.29 is 8.42 Å². The molecule has 5 heteroatoms. The molecule has 2 unspecified atom stereocenters. The summed E-state index contributed by atoms with van der Waals surface area (Å²) in [6, 6.07) is 8.97. The molecule has 1 N–H and O–H groups in total. The van der Waals surface area contributed by atoms with Crippen molar-refractivity contribution >= 4 is 21.6 Å². The van der Waals surface area contributed by atoms with Gasteiger partial charge in [-0.05, 0) is 43.9 Å². The van der Waals surface area contributed by atoms with Gasteiger partial charge in [-0.25, -0.2) is 8.42 Å². The molecule has 0 bridgehead atoms. The Kier molecular flexibility index (Phi) is 6.14. The van der Waals surface area contributed by atoms with Crippen molar-refractivity contribution in [3.05, 3.63) is 29.8 Å². The number of sulfone groups is 1. The highest BCUT2D eigenvalue weighted by Crippen LogP contribution is 2.39. The summed E-state index contributed by atoms with van der Waals surface area (Å²) in [5, 5.41) is 4.14. The van der Waals surface area contributed by atoms with E-state index in [4.69, 9.17) is 0 Å². The number of benzene rings is 1. The Morgan fingerprint density at radius 3 is 2.81 bits per heavy atom. The van der Waals surface area contributed by atoms with Crippen LogP contribution < -0.4 is 5.32 Å². The van der Waals surface area contributed by atoms with E-state index in [-0.39, 0.29) is 0 Å². The van der Waals surface area contributed by atoms with Gasteiger partial charge in [0.2, 0.25) is 0 Å². The predicted octanol–water partition coefficient (Wildman–Crippen LogP) is 2.90. The summed E-state index contributed by atoms with van der Waals surface area (Å²) in [6.07, 6.45) is 5.18. The van der Waals surface area contributed by atoms with Crippen molar-refractivity contribution in [2.75, 3.05) is 18.6 Å². The first-order valence-electron chi connectivity index (χ1n) is 7.65. The molecule has 2 rings (SSSR count). The molecule has 0 saturated carbocycles. The third kappa shape index (κ3) is 5.31. The van der Waals surface area contributed by atoms with E-state index in [0.29, 0.717) is 17.0 Å². The number of fused-ring (bicyclic) bond motifs is 1. The van der Waals surface area contributed by atoms with E-state index in [1.165, 1.54) is 16.7 Å². The van der Waals surface area contributed by atoms with Crippen LogP contribution in [0.5, 0.6) is 0 Å². The first-order valence-corrected chi connectivity index (χ1v) is 10.6. The van der Waals surface area contributed by atoms with Crippen LogP contribution in [0.15, 0.2) is 29.2 Å². The molecule has 21 heavy (non-hydrogen) atoms. The van der Waals surface area contributed by atoms with E-state index in [9.17, 15) is 8.42 Å². The normalized spacial score (nSPS) is 19.4. The Morgan fingerprint density at radius 2 is 2.14 bits per heavy atom. The van der Waals surface area contributed by atoms with E-state index in [1.54, 1.807) is 0 Å². The molecule has 0 saturated heterocycles. The summed E-state index contributed by atoms with van der Waals surface area (Å²) in [5.74, 6) is 0.293. The number of rotatable bonds is 8. The standard InChI is InChI=1S/C16H25NO2S2/c1-3-10-17-14(8-6-11-21(2,18)19)16-12-13-7-4-5-9-15(13)20-16/h4-5,7,9,14,16-17H,3,6,8,10-12H2,1-2H3. The van der Waals surface area contributed by atoms with Crippen molar-refractivity contribution in [3.8, 4) is 0 Å². The Hall–Kier alpha value is -0.520. The van der Waals surface area contributed by atoms with E-state index in [2.05, 4.69) is 36.5 Å². The van der Waals surface area contributed by atoms with E-state index in [1.807, 2.05) is 11.8 Å². The molecule has 0 spiro atoms. The molecule has 1 aliphatic rings. The Labute approximate surface area is 132 Å². The lowest BCUT2D eigenvalue weighted by Gasteiger charge is -2.24. The van der Waals surface area contributed by atoms with E-state index >= 15 is 0 Å². The fourth-order valence-corrected chi connectivity index (χ4v) is 4.88. The van der Waals surface area contributed by atoms with Crippen molar-refractivity contribution in [2.24, 2.45) is 0 Å². The summed E-state index contributed by atoms with van der Waals surface area (Å²) in [7, 11) is -2.85. The highest BCUT2D eigenvalue weighted by atomic mass is 32.2. The van der Waals surface area contributed by atoms with Crippen LogP contribution >= 0.6 is 11.8 Å². The van der Waals surface area contributed by atoms with Gasteiger partial charge in [-0.15, -0.1) is 11.8 Å². The van der Waals surface area contributed by atoms with Gasteiger partial charge in [-0.2, -0.15) is 0 Å². The van der Waals surface area contributed by atoms with Crippen LogP contribution in [-0.4, -0.2) is 38.3 Å². The second-order valence-corrected chi connectivity index (χ2v) is 9.34. The molecule has 2 atom stereocenters. The van der Waals surface area contributed by atoms with Crippen LogP contribution in [0, 0.1) is 0 Å². The lowest BCUT2D eigenvalue weighted by atomic mass is 10.0. The van der Waals surface area contributed by atoms with Crippen LogP contribution in [0.1, 0.15) is 31.7 Å². The molecule has 3 nitrogen and oxygen atoms in total. The zero-order valence-corrected chi connectivity index (χ0v) is 14.5. The molecule has 1 heterocycles. The molecule has 1 aromatic rings. The molecule has 1 aliphatic heterocycles. The SMILES string of the molecule is CCCNC(CCCS(C)(=O)=O)C1Cc2ccccc2S1. The maximum absolute atomic E-state index is 11.3. The van der Waals surface area contributed by atoms with Crippen LogP contribution in [0.2, 0.25) is 0 Å². The zero-order chi connectivity index (χ0) is 15.3. The van der Waals surface area contributed by atoms with Gasteiger partial charge < -0.3 is 5.32 Å². The number of hydrogen-bond acceptors (Lipinski definition) is 4. The summed E-state index contributed by atoms with van der Waals surface area (Å²) < 4.78 is 22.6. The number of nitrogens with one attached hydrogen (secondary N) is 1. The second kappa shape index (κ2) is 7.65. The highest BCUT2D eigenvalue weighted by molar-refractivity contribution is 8.00. The van der Waals surface area contributed by atoms with Crippen molar-refractivity contribution in [1.29, 1.82) is 0 Å². The molecule has 0 amide bonds. The van der Waals surface area contributed by atoms with Gasteiger partial charge in [0.15, 0.2) is 0 Å². The predicted molar refractivity (Wildman–Crippen MR) is 90.8 cm³/mol. The van der Waals surface area contributed by atoms with Crippen LogP contribution in [0.3, 0.4) is 0 Å². The summed E-state index contributed by atoms with van der Waals surface area (Å²) in [5.41, 5.74) is 1.43. The fourth-order valence-electron chi connectivity index (χ4n) is 2.75. The van der Waals surface area contributed by atoms with E-state index in [0.717, 1.165) is 32.2 Å². The van der Waals surface area contributed by atoms with Gasteiger partial charge in [-0.3, -0.25) is 0 Å². The average molecular weight is 328 g/mol. The van der Waals surface area contributed by atoms with Gasteiger partial charge in [0.25, 0.3) is 0 Å². The molecule has 0 fully saturated rings. The largest absolute Gasteiger partial charge is 0.313 e. The van der Waals surface area contributed by atoms with Crippen LogP contribution in [0.25, 0.3) is 0 Å². The smallest absolute Gasteiger partial charge is 0.147 e. The van der Waals surface area contributed by atoms with Gasteiger partial charge in [0.1, 0.15) is 9.84 Å². The lowest BCUT2D eigenvalue weighted by molar-refractivity contribution is 0.460. The zero-order valence-electron chi connectivity index (χ0n) is 12.8. The Morgan fingerprint density at radius 1 is 1.38 bits per heavy atom. The minimum absolute atomic E-state index is 0.293. The maximum atomic E-state index is 11.3. The fraction of sp³-hybridized carbons (Fsp3) is 0.625. The van der Waals surface area contributed by atoms with Crippen LogP contribution in [-0.2, 0) is 16.3 Å². The van der Waals surface area contributed by atoms with Gasteiger partial charge in [0.05, 0.1) is 0 Å². The quantitative estimate of drug-likeness (QED) is 0.797. The Bertz CT molecular complexity index is 532. The van der Waals surface area contributed by atoms with Gasteiger partial charge in [0, 0.05) is 28.2 Å². The third-order valence-electron chi connectivity index (χ3n) is 3.81. The van der Waals surface area contributed by atoms with Crippen LogP contribution in [0.4, 0.5) is 0 Å². The number of hydrogen-bond donors (Lipinski definition) is 1. The molecule has 0 aromatic heterocycles. The number of thioether (sulfide) groups is 1. The van der Waals surface area contributed by atoms with Crippen molar-refractivity contribution in [1.82, 2.24) is 5.32 Å². The summed E-state index contributed by atoms with van der Waals surface area (Å²) >= 11 is 1.94. The maximum Gasteiger partial charge on any atom is 0.147 e. The molecular formula is C16H25NO2S2. The van der Waals surface area contributed by atoms with Gasteiger partial charge in [-0.1, -0.05) is 25.1 Å². The molecule has 0 aliphatic carbocycles. The Balaban J connectivity index is 1.94. The second-order valence-electron chi connectivity index (χ2n) is 5.80. The summed E-state index contributed by atoms with van der Waals surface area (Å²) in [4.78, 5) is 1.38. The van der Waals surface area contributed by atoms with E-state index < -0.39 is 9.84 Å². The average Bonchev–Trinajstić information content (AvgIpc) is 2.85. The molecule has 0 radical (unpaired) electrons. The molecule has 1 aromatic carbocycles. The lowest BCUT2D eigenvalue weighted by Crippen LogP contribution is -2.38. The highest BCUT2D eigenvalue weighted by Gasteiger charge is 2.28. The minimum atomic E-state index is -2.85. The molecular weight excluding hydrogens is 302 g/mol. The summed E-state index contributed by atoms with van der Waals surface area (Å²) in [6.45, 7) is 3.16.